The number of nitrogens with zero attached hydrogens (tertiary/aromatic N) is 4. The lowest BCUT2D eigenvalue weighted by Gasteiger charge is -2.11. The molecule has 152 valence electrons. The number of aryl methyl sites for hydroxylation is 1. The molecule has 1 saturated carbocycles. The molecule has 1 fully saturated rings. The average molecular weight is 402 g/mol. The highest BCUT2D eigenvalue weighted by molar-refractivity contribution is 5.96. The number of hydrogen-bond donors (Lipinski definition) is 2. The molecule has 0 saturated heterocycles. The lowest BCUT2D eigenvalue weighted by Crippen LogP contribution is -2.05. The Balaban J connectivity index is 1.46. The molecule has 1 aromatic carbocycles. The van der Waals surface area contributed by atoms with Crippen LogP contribution in [0.3, 0.4) is 0 Å². The molecule has 30 heavy (non-hydrogen) atoms. The maximum atomic E-state index is 7.64. The second-order valence-electron chi connectivity index (χ2n) is 7.21. The lowest BCUT2D eigenvalue weighted by molar-refractivity contribution is 0.285. The molecule has 1 aliphatic rings. The molecular formula is C22H22N6O2. The van der Waals surface area contributed by atoms with Crippen LogP contribution in [0.2, 0.25) is 0 Å². The van der Waals surface area contributed by atoms with Crippen molar-refractivity contribution in [1.82, 2.24) is 15.0 Å². The van der Waals surface area contributed by atoms with Crippen LogP contribution in [-0.4, -0.2) is 34.5 Å². The summed E-state index contributed by atoms with van der Waals surface area (Å²) >= 11 is 0. The lowest BCUT2D eigenvalue weighted by atomic mass is 10.1. The largest absolute Gasteiger partial charge is 0.495 e. The summed E-state index contributed by atoms with van der Waals surface area (Å²) in [5.41, 5.74) is 10.3. The highest BCUT2D eigenvalue weighted by Crippen LogP contribution is 2.47. The third kappa shape index (κ3) is 4.17. The zero-order chi connectivity index (χ0) is 21.1. The van der Waals surface area contributed by atoms with Crippen LogP contribution in [0, 0.1) is 23.8 Å². The predicted molar refractivity (Wildman–Crippen MR) is 111 cm³/mol. The van der Waals surface area contributed by atoms with Crippen molar-refractivity contribution in [1.29, 1.82) is 10.9 Å². The fourth-order valence-corrected chi connectivity index (χ4v) is 3.34. The summed E-state index contributed by atoms with van der Waals surface area (Å²) in [6.45, 7) is 2.39. The molecule has 1 aliphatic carbocycles. The highest BCUT2D eigenvalue weighted by atomic mass is 16.5. The first kappa shape index (κ1) is 19.6. The van der Waals surface area contributed by atoms with E-state index < -0.39 is 0 Å². The molecule has 4 rings (SSSR count). The summed E-state index contributed by atoms with van der Waals surface area (Å²) < 4.78 is 11.3. The monoisotopic (exact) mass is 402 g/mol. The third-order valence-corrected chi connectivity index (χ3v) is 5.19. The summed E-state index contributed by atoms with van der Waals surface area (Å²) in [6.07, 6.45) is 4.53. The van der Waals surface area contributed by atoms with Gasteiger partial charge in [0.2, 0.25) is 5.88 Å². The molecule has 0 unspecified atom stereocenters. The Morgan fingerprint density at radius 3 is 2.60 bits per heavy atom. The molecule has 8 heteroatoms. The Morgan fingerprint density at radius 1 is 1.13 bits per heavy atom. The zero-order valence-corrected chi connectivity index (χ0v) is 16.8. The maximum Gasteiger partial charge on any atom is 0.224 e. The van der Waals surface area contributed by atoms with Gasteiger partial charge >= 0.3 is 0 Å². The first-order valence-electron chi connectivity index (χ1n) is 9.62. The average Bonchev–Trinajstić information content (AvgIpc) is 3.57. The van der Waals surface area contributed by atoms with Crippen LogP contribution in [0.15, 0.2) is 53.9 Å². The Hall–Kier alpha value is -3.68. The molecular weight excluding hydrogens is 380 g/mol. The summed E-state index contributed by atoms with van der Waals surface area (Å²) in [5, 5.41) is 10.8. The van der Waals surface area contributed by atoms with Gasteiger partial charge in [-0.25, -0.2) is 10.5 Å². The molecule has 0 aliphatic heterocycles. The molecule has 3 aromatic rings. The van der Waals surface area contributed by atoms with E-state index in [-0.39, 0.29) is 5.84 Å². The standard InChI is InChI=1S/C22H22N6O2/c1-13-25-11-19(14-3-5-15(6-4-14)21(23)28-24)22(27-13)30-12-16-9-18(16)20-8-7-17(29-2)10-26-20/h3-8,10-11,16,18,23-24H,9,12H2,1-2H3/t16-,18+/m1/s1. The number of nitrogens with one attached hydrogen (secondary N) is 2. The normalized spacial score (nSPS) is 17.3. The van der Waals surface area contributed by atoms with E-state index in [0.717, 1.165) is 29.0 Å². The highest BCUT2D eigenvalue weighted by Gasteiger charge is 2.40. The van der Waals surface area contributed by atoms with Gasteiger partial charge in [0.05, 0.1) is 25.5 Å². The number of pyridine rings is 1. The molecule has 2 heterocycles. The van der Waals surface area contributed by atoms with E-state index in [0.29, 0.717) is 35.7 Å². The Labute approximate surface area is 174 Å². The van der Waals surface area contributed by atoms with Gasteiger partial charge in [0.1, 0.15) is 11.6 Å². The summed E-state index contributed by atoms with van der Waals surface area (Å²) in [4.78, 5) is 13.3. The fraction of sp³-hybridized carbons (Fsp3) is 0.273. The minimum Gasteiger partial charge on any atom is -0.495 e. The third-order valence-electron chi connectivity index (χ3n) is 5.19. The van der Waals surface area contributed by atoms with Gasteiger partial charge in [0.15, 0.2) is 5.84 Å². The number of methoxy groups -OCH3 is 1. The number of aromatic nitrogens is 3. The molecule has 0 radical (unpaired) electrons. The summed E-state index contributed by atoms with van der Waals surface area (Å²) in [6, 6.07) is 11.2. The quantitative estimate of drug-likeness (QED) is 0.345. The number of hydrogen-bond acceptors (Lipinski definition) is 7. The molecule has 0 bridgehead atoms. The minimum absolute atomic E-state index is 0.0786. The summed E-state index contributed by atoms with van der Waals surface area (Å²) in [7, 11) is 1.63. The SMILES string of the molecule is COc1ccc([C@H]2C[C@@H]2COc2nc(C)ncc2-c2ccc(C(=N)N=N)cc2)nc1. The van der Waals surface area contributed by atoms with Gasteiger partial charge in [-0.2, -0.15) is 4.98 Å². The Morgan fingerprint density at radius 2 is 1.93 bits per heavy atom. The van der Waals surface area contributed by atoms with E-state index in [2.05, 4.69) is 20.1 Å². The maximum absolute atomic E-state index is 7.64. The molecule has 0 spiro atoms. The van der Waals surface area contributed by atoms with E-state index in [1.54, 1.807) is 31.6 Å². The number of benzene rings is 1. The van der Waals surface area contributed by atoms with Crippen LogP contribution < -0.4 is 9.47 Å². The van der Waals surface area contributed by atoms with Crippen LogP contribution >= 0.6 is 0 Å². The fourth-order valence-electron chi connectivity index (χ4n) is 3.34. The number of rotatable bonds is 7. The number of amidine groups is 1. The van der Waals surface area contributed by atoms with Crippen molar-refractivity contribution in [3.63, 3.8) is 0 Å². The van der Waals surface area contributed by atoms with Crippen molar-refractivity contribution in [2.24, 2.45) is 11.0 Å². The minimum atomic E-state index is -0.0786. The van der Waals surface area contributed by atoms with E-state index in [1.807, 2.05) is 31.2 Å². The second-order valence-corrected chi connectivity index (χ2v) is 7.21. The van der Waals surface area contributed by atoms with Crippen LogP contribution in [0.4, 0.5) is 0 Å². The topological polar surface area (TPSA) is 117 Å². The van der Waals surface area contributed by atoms with Gasteiger partial charge in [0.25, 0.3) is 0 Å². The van der Waals surface area contributed by atoms with Gasteiger partial charge in [-0.3, -0.25) is 10.4 Å². The van der Waals surface area contributed by atoms with Crippen molar-refractivity contribution in [2.75, 3.05) is 13.7 Å². The molecule has 2 N–H and O–H groups in total. The van der Waals surface area contributed by atoms with Gasteiger partial charge in [-0.05, 0) is 31.0 Å². The van der Waals surface area contributed by atoms with E-state index >= 15 is 0 Å². The van der Waals surface area contributed by atoms with E-state index in [1.165, 1.54) is 0 Å². The van der Waals surface area contributed by atoms with Gasteiger partial charge in [-0.1, -0.05) is 24.3 Å². The van der Waals surface area contributed by atoms with Crippen LogP contribution in [0.5, 0.6) is 11.6 Å². The Kier molecular flexibility index (Phi) is 5.47. The van der Waals surface area contributed by atoms with Crippen LogP contribution in [-0.2, 0) is 0 Å². The van der Waals surface area contributed by atoms with Crippen molar-refractivity contribution in [3.8, 4) is 22.8 Å². The van der Waals surface area contributed by atoms with Crippen LogP contribution in [0.25, 0.3) is 11.1 Å². The second kappa shape index (κ2) is 8.36. The predicted octanol–water partition coefficient (Wildman–Crippen LogP) is 4.39. The molecule has 2 aromatic heterocycles. The zero-order valence-electron chi connectivity index (χ0n) is 16.8. The first-order valence-corrected chi connectivity index (χ1v) is 9.62. The van der Waals surface area contributed by atoms with E-state index in [4.69, 9.17) is 20.4 Å². The van der Waals surface area contributed by atoms with Gasteiger partial charge in [-0.15, -0.1) is 5.11 Å². The van der Waals surface area contributed by atoms with Crippen molar-refractivity contribution in [3.05, 3.63) is 65.9 Å². The van der Waals surface area contributed by atoms with Crippen molar-refractivity contribution < 1.29 is 9.47 Å². The van der Waals surface area contributed by atoms with Crippen LogP contribution in [0.1, 0.15) is 29.4 Å². The van der Waals surface area contributed by atoms with E-state index in [9.17, 15) is 0 Å². The molecule has 0 amide bonds. The van der Waals surface area contributed by atoms with Gasteiger partial charge in [0, 0.05) is 29.3 Å². The summed E-state index contributed by atoms with van der Waals surface area (Å²) in [5.74, 6) is 2.65. The van der Waals surface area contributed by atoms with Gasteiger partial charge < -0.3 is 9.47 Å². The number of ether oxygens (including phenoxy) is 2. The smallest absolute Gasteiger partial charge is 0.224 e. The molecule has 8 nitrogen and oxygen atoms in total. The Bertz CT molecular complexity index is 1070. The van der Waals surface area contributed by atoms with Crippen molar-refractivity contribution in [2.45, 2.75) is 19.3 Å². The molecule has 2 atom stereocenters. The van der Waals surface area contributed by atoms with Crippen molar-refractivity contribution >= 4 is 5.84 Å². The first-order chi connectivity index (χ1) is 14.6.